The molecule has 0 bridgehead atoms. The standard InChI is InChI=1S/C61H37NOS/c1-2-16-43(17-3-1)62(44-29-34-58-51(37-44)49-21-9-11-24-57(49)64-58)56-23-12-15-42-35-40(25-30-45(42)56)41-28-31-53-50(36-41)48-20-8-10-22-52(48)61(53)54-32-26-38-13-4-6-18-46(38)59(54)63-60-47-19-7-5-14-39(47)27-33-55(60)61/h1-37H. The molecule has 0 radical (unpaired) electrons. The number of fused-ring (bicyclic) bond motifs is 17. The largest absolute Gasteiger partial charge is 0.455 e. The lowest BCUT2D eigenvalue weighted by molar-refractivity contribution is 0.447. The van der Waals surface area contributed by atoms with Crippen molar-refractivity contribution in [2.45, 2.75) is 5.41 Å². The van der Waals surface area contributed by atoms with Gasteiger partial charge in [0.25, 0.3) is 0 Å². The smallest absolute Gasteiger partial charge is 0.140 e. The lowest BCUT2D eigenvalue weighted by Gasteiger charge is -2.40. The Bertz CT molecular complexity index is 3820. The second-order valence-corrected chi connectivity index (χ2v) is 18.2. The van der Waals surface area contributed by atoms with Crippen LogP contribution in [0.3, 0.4) is 0 Å². The third kappa shape index (κ3) is 4.96. The molecule has 2 nitrogen and oxygen atoms in total. The number of anilines is 3. The molecule has 1 aliphatic carbocycles. The van der Waals surface area contributed by atoms with Crippen LogP contribution in [0.15, 0.2) is 224 Å². The minimum atomic E-state index is -0.570. The minimum absolute atomic E-state index is 0.570. The molecule has 0 saturated heterocycles. The molecule has 0 saturated carbocycles. The van der Waals surface area contributed by atoms with E-state index in [9.17, 15) is 0 Å². The van der Waals surface area contributed by atoms with Gasteiger partial charge in [0.2, 0.25) is 0 Å². The number of para-hydroxylation sites is 1. The van der Waals surface area contributed by atoms with Gasteiger partial charge in [-0.25, -0.2) is 0 Å². The molecule has 2 aliphatic rings. The van der Waals surface area contributed by atoms with Gasteiger partial charge in [0, 0.05) is 58.8 Å². The van der Waals surface area contributed by atoms with Crippen molar-refractivity contribution in [1.82, 2.24) is 0 Å². The Morgan fingerprint density at radius 1 is 0.344 bits per heavy atom. The molecule has 0 unspecified atom stereocenters. The molecular formula is C61H37NOS. The molecular weight excluding hydrogens is 795 g/mol. The van der Waals surface area contributed by atoms with Gasteiger partial charge >= 0.3 is 0 Å². The van der Waals surface area contributed by atoms with Crippen LogP contribution >= 0.6 is 11.3 Å². The average Bonchev–Trinajstić information content (AvgIpc) is 3.87. The van der Waals surface area contributed by atoms with E-state index >= 15 is 0 Å². The van der Waals surface area contributed by atoms with Crippen molar-refractivity contribution in [1.29, 1.82) is 0 Å². The Balaban J connectivity index is 0.946. The Hall–Kier alpha value is -7.98. The fraction of sp³-hybridized carbons (Fsp3) is 0.0164. The van der Waals surface area contributed by atoms with Gasteiger partial charge in [-0.05, 0) is 104 Å². The molecule has 11 aromatic carbocycles. The maximum absolute atomic E-state index is 7.17. The molecule has 0 amide bonds. The predicted octanol–water partition coefficient (Wildman–Crippen LogP) is 17.1. The van der Waals surface area contributed by atoms with Gasteiger partial charge in [-0.2, -0.15) is 0 Å². The number of hydrogen-bond acceptors (Lipinski definition) is 3. The van der Waals surface area contributed by atoms with E-state index in [-0.39, 0.29) is 0 Å². The van der Waals surface area contributed by atoms with Crippen LogP contribution in [0.5, 0.6) is 11.5 Å². The second-order valence-electron chi connectivity index (χ2n) is 17.1. The Morgan fingerprint density at radius 2 is 0.953 bits per heavy atom. The van der Waals surface area contributed by atoms with Gasteiger partial charge in [0.15, 0.2) is 0 Å². The lowest BCUT2D eigenvalue weighted by Crippen LogP contribution is -2.32. The predicted molar refractivity (Wildman–Crippen MR) is 269 cm³/mol. The molecule has 0 atom stereocenters. The normalized spacial score (nSPS) is 13.2. The van der Waals surface area contributed by atoms with Crippen LogP contribution in [0.2, 0.25) is 0 Å². The molecule has 14 rings (SSSR count). The van der Waals surface area contributed by atoms with Gasteiger partial charge in [0.05, 0.1) is 11.1 Å². The first-order chi connectivity index (χ1) is 31.7. The summed E-state index contributed by atoms with van der Waals surface area (Å²) < 4.78 is 9.78. The highest BCUT2D eigenvalue weighted by molar-refractivity contribution is 7.25. The number of rotatable bonds is 4. The number of benzene rings is 11. The zero-order valence-corrected chi connectivity index (χ0v) is 35.4. The van der Waals surface area contributed by atoms with Crippen molar-refractivity contribution in [2.24, 2.45) is 0 Å². The van der Waals surface area contributed by atoms with Crippen molar-refractivity contribution >= 4 is 80.9 Å². The molecule has 1 aliphatic heterocycles. The van der Waals surface area contributed by atoms with E-state index in [0.29, 0.717) is 0 Å². The summed E-state index contributed by atoms with van der Waals surface area (Å²) in [6, 6.07) is 82.7. The van der Waals surface area contributed by atoms with E-state index in [1.165, 1.54) is 86.2 Å². The summed E-state index contributed by atoms with van der Waals surface area (Å²) in [4.78, 5) is 2.41. The fourth-order valence-corrected chi connectivity index (χ4v) is 12.2. The monoisotopic (exact) mass is 831 g/mol. The topological polar surface area (TPSA) is 12.5 Å². The highest BCUT2D eigenvalue weighted by atomic mass is 32.1. The minimum Gasteiger partial charge on any atom is -0.455 e. The first kappa shape index (κ1) is 35.6. The Kier molecular flexibility index (Phi) is 7.51. The van der Waals surface area contributed by atoms with E-state index in [1.54, 1.807) is 0 Å². The maximum Gasteiger partial charge on any atom is 0.140 e. The lowest BCUT2D eigenvalue weighted by atomic mass is 9.65. The quantitative estimate of drug-likeness (QED) is 0.175. The summed E-state index contributed by atoms with van der Waals surface area (Å²) >= 11 is 1.86. The van der Waals surface area contributed by atoms with Crippen LogP contribution in [0.4, 0.5) is 17.1 Å². The average molecular weight is 832 g/mol. The summed E-state index contributed by atoms with van der Waals surface area (Å²) in [7, 11) is 0. The van der Waals surface area contributed by atoms with E-state index < -0.39 is 5.41 Å². The summed E-state index contributed by atoms with van der Waals surface area (Å²) in [6.07, 6.45) is 0. The first-order valence-electron chi connectivity index (χ1n) is 22.0. The van der Waals surface area contributed by atoms with Crippen molar-refractivity contribution in [3.05, 3.63) is 247 Å². The van der Waals surface area contributed by atoms with Gasteiger partial charge in [-0.1, -0.05) is 170 Å². The number of hydrogen-bond donors (Lipinski definition) is 0. The van der Waals surface area contributed by atoms with Crippen LogP contribution in [0.1, 0.15) is 22.3 Å². The van der Waals surface area contributed by atoms with E-state index in [4.69, 9.17) is 4.74 Å². The summed E-state index contributed by atoms with van der Waals surface area (Å²) in [5.41, 5.74) is 12.7. The number of nitrogens with zero attached hydrogens (tertiary/aromatic N) is 1. The molecule has 0 fully saturated rings. The van der Waals surface area contributed by atoms with E-state index in [0.717, 1.165) is 39.3 Å². The molecule has 2 heterocycles. The van der Waals surface area contributed by atoms with Gasteiger partial charge < -0.3 is 9.64 Å². The molecule has 1 aromatic heterocycles. The molecule has 64 heavy (non-hydrogen) atoms. The molecule has 1 spiro atoms. The summed E-state index contributed by atoms with van der Waals surface area (Å²) in [6.45, 7) is 0. The SMILES string of the molecule is c1ccc(N(c2ccc3sc4ccccc4c3c2)c2cccc3cc(-c4ccc5c(c4)-c4ccccc4C54c5ccc6ccccc6c5Oc5c4ccc4ccccc54)ccc23)cc1. The van der Waals surface area contributed by atoms with E-state index in [2.05, 4.69) is 229 Å². The highest BCUT2D eigenvalue weighted by Crippen LogP contribution is 2.64. The van der Waals surface area contributed by atoms with Crippen LogP contribution < -0.4 is 9.64 Å². The third-order valence-electron chi connectivity index (χ3n) is 13.9. The van der Waals surface area contributed by atoms with Gasteiger partial charge in [-0.15, -0.1) is 11.3 Å². The third-order valence-corrected chi connectivity index (χ3v) is 15.0. The highest BCUT2D eigenvalue weighted by Gasteiger charge is 2.51. The van der Waals surface area contributed by atoms with Crippen LogP contribution in [0, 0.1) is 0 Å². The Morgan fingerprint density at radius 3 is 1.75 bits per heavy atom. The molecule has 3 heteroatoms. The van der Waals surface area contributed by atoms with Crippen molar-refractivity contribution < 1.29 is 4.74 Å². The molecule has 298 valence electrons. The van der Waals surface area contributed by atoms with Crippen LogP contribution in [-0.2, 0) is 5.41 Å². The molecule has 12 aromatic rings. The molecule has 0 N–H and O–H groups in total. The van der Waals surface area contributed by atoms with Crippen LogP contribution in [0.25, 0.3) is 74.7 Å². The zero-order chi connectivity index (χ0) is 41.9. The summed E-state index contributed by atoms with van der Waals surface area (Å²) in [5, 5.41) is 9.58. The van der Waals surface area contributed by atoms with Crippen molar-refractivity contribution in [3.8, 4) is 33.8 Å². The second kappa shape index (κ2) is 13.5. The number of ether oxygens (including phenoxy) is 1. The van der Waals surface area contributed by atoms with Crippen LogP contribution in [-0.4, -0.2) is 0 Å². The van der Waals surface area contributed by atoms with Crippen molar-refractivity contribution in [3.63, 3.8) is 0 Å². The maximum atomic E-state index is 7.17. The van der Waals surface area contributed by atoms with Crippen molar-refractivity contribution in [2.75, 3.05) is 4.90 Å². The summed E-state index contributed by atoms with van der Waals surface area (Å²) in [5.74, 6) is 1.87. The number of thiophene rings is 1. The first-order valence-corrected chi connectivity index (χ1v) is 22.8. The van der Waals surface area contributed by atoms with E-state index in [1.807, 2.05) is 11.3 Å². The zero-order valence-electron chi connectivity index (χ0n) is 34.6. The van der Waals surface area contributed by atoms with Gasteiger partial charge in [-0.3, -0.25) is 0 Å². The fourth-order valence-electron chi connectivity index (χ4n) is 11.1. The van der Waals surface area contributed by atoms with Gasteiger partial charge in [0.1, 0.15) is 11.5 Å². The Labute approximate surface area is 374 Å².